The van der Waals surface area contributed by atoms with Gasteiger partial charge in [-0.05, 0) is 94.5 Å². The van der Waals surface area contributed by atoms with E-state index in [9.17, 15) is 5.11 Å². The van der Waals surface area contributed by atoms with Gasteiger partial charge in [0.25, 0.3) is 0 Å². The van der Waals surface area contributed by atoms with Crippen molar-refractivity contribution in [2.24, 2.45) is 0 Å². The van der Waals surface area contributed by atoms with Gasteiger partial charge in [0.2, 0.25) is 0 Å². The summed E-state index contributed by atoms with van der Waals surface area (Å²) in [4.78, 5) is 10.7. The number of aromatic nitrogens is 4. The van der Waals surface area contributed by atoms with Crippen molar-refractivity contribution in [2.45, 2.75) is 39.9 Å². The van der Waals surface area contributed by atoms with Crippen LogP contribution in [0.5, 0.6) is 5.75 Å². The predicted octanol–water partition coefficient (Wildman–Crippen LogP) is 12.7. The molecule has 0 radical (unpaired) electrons. The van der Waals surface area contributed by atoms with Crippen LogP contribution in [0.25, 0.3) is 88.9 Å². The maximum absolute atomic E-state index is 11.9. The van der Waals surface area contributed by atoms with Gasteiger partial charge in [0.1, 0.15) is 11.6 Å². The van der Waals surface area contributed by atoms with Crippen molar-refractivity contribution in [1.82, 2.24) is 18.8 Å². The maximum atomic E-state index is 11.9. The van der Waals surface area contributed by atoms with E-state index in [-0.39, 0.29) is 27.9 Å². The van der Waals surface area contributed by atoms with Crippen molar-refractivity contribution in [3.05, 3.63) is 162 Å². The number of aromatic hydroxyl groups is 1. The maximum Gasteiger partial charge on any atom is 0.151 e. The third-order valence-corrected chi connectivity index (χ3v) is 10.8. The summed E-state index contributed by atoms with van der Waals surface area (Å²) in [6.45, 7) is 1.38. The molecular formula is C50H40N4O. The lowest BCUT2D eigenvalue weighted by Gasteiger charge is -2.20. The molecule has 0 saturated carbocycles. The number of benzene rings is 7. The van der Waals surface area contributed by atoms with E-state index < -0.39 is 13.7 Å². The average Bonchev–Trinajstić information content (AvgIpc) is 3.79. The van der Waals surface area contributed by atoms with Crippen LogP contribution in [-0.2, 0) is 5.41 Å². The van der Waals surface area contributed by atoms with Crippen LogP contribution in [0.4, 0.5) is 0 Å². The molecule has 0 aliphatic carbocycles. The highest BCUT2D eigenvalue weighted by molar-refractivity contribution is 6.12. The fourth-order valence-electron chi connectivity index (χ4n) is 8.12. The minimum atomic E-state index is -2.63. The van der Waals surface area contributed by atoms with Crippen molar-refractivity contribution in [3.63, 3.8) is 0 Å². The van der Waals surface area contributed by atoms with Crippen LogP contribution in [0.15, 0.2) is 146 Å². The summed E-state index contributed by atoms with van der Waals surface area (Å²) in [6, 6.07) is 46.2. The molecule has 0 saturated heterocycles. The Bertz CT molecular complexity index is 3360. The highest BCUT2D eigenvalue weighted by Crippen LogP contribution is 2.43. The van der Waals surface area contributed by atoms with Gasteiger partial charge in [0, 0.05) is 24.9 Å². The van der Waals surface area contributed by atoms with Gasteiger partial charge in [0.15, 0.2) is 5.65 Å². The van der Waals surface area contributed by atoms with Gasteiger partial charge in [0.05, 0.1) is 38.5 Å². The van der Waals surface area contributed by atoms with Crippen molar-refractivity contribution in [1.29, 1.82) is 0 Å². The molecule has 1 N–H and O–H groups in total. The molecule has 266 valence electrons. The zero-order valence-corrected chi connectivity index (χ0v) is 30.6. The molecule has 0 aliphatic rings. The molecule has 55 heavy (non-hydrogen) atoms. The Hall–Kier alpha value is -6.72. The van der Waals surface area contributed by atoms with Gasteiger partial charge in [-0.3, -0.25) is 8.80 Å². The lowest BCUT2D eigenvalue weighted by molar-refractivity contribution is 0.482. The van der Waals surface area contributed by atoms with E-state index in [0.717, 1.165) is 38.9 Å². The summed E-state index contributed by atoms with van der Waals surface area (Å²) in [5.41, 5.74) is 10.7. The van der Waals surface area contributed by atoms with Gasteiger partial charge in [-0.15, -0.1) is 0 Å². The monoisotopic (exact) mass is 718 g/mol. The molecule has 3 aromatic heterocycles. The van der Waals surface area contributed by atoms with Gasteiger partial charge in [-0.1, -0.05) is 130 Å². The topological polar surface area (TPSA) is 54.8 Å². The van der Waals surface area contributed by atoms with E-state index in [1.807, 2.05) is 63.4 Å². The van der Waals surface area contributed by atoms with Gasteiger partial charge >= 0.3 is 0 Å². The number of fused-ring (bicyclic) bond motifs is 7. The van der Waals surface area contributed by atoms with Gasteiger partial charge in [-0.2, -0.15) is 0 Å². The molecule has 7 aromatic carbocycles. The van der Waals surface area contributed by atoms with E-state index in [1.165, 1.54) is 23.8 Å². The predicted molar refractivity (Wildman–Crippen MR) is 228 cm³/mol. The van der Waals surface area contributed by atoms with Crippen LogP contribution >= 0.6 is 0 Å². The fourth-order valence-corrected chi connectivity index (χ4v) is 8.12. The van der Waals surface area contributed by atoms with Crippen LogP contribution in [0.3, 0.4) is 0 Å². The fraction of sp³-hybridized carbons (Fsp3) is 0.120. The van der Waals surface area contributed by atoms with Crippen LogP contribution in [0.2, 0.25) is 0 Å². The van der Waals surface area contributed by atoms with Gasteiger partial charge in [-0.25, -0.2) is 9.97 Å². The quantitative estimate of drug-likeness (QED) is 0.197. The molecule has 0 unspecified atom stereocenters. The number of para-hydroxylation sites is 1. The standard InChI is InChI=1S/C50H40N4O/c1-30-14-9-15-31(2)43(30)38-26-27-41-47-46(38)52-48(32-16-7-6-8-17-32)54(47)39-23-13-25-42(55)44(39)49-51-45-37(22-12-24-40(45)53(41)49)35-20-10-18-33(28-35)34-19-11-21-36(29-34)50(3,4)5/h6-29,55H,1-5H3/i1D3,2D3. The first-order valence-electron chi connectivity index (χ1n) is 21.4. The highest BCUT2D eigenvalue weighted by Gasteiger charge is 2.25. The molecule has 5 nitrogen and oxygen atoms in total. The Morgan fingerprint density at radius 1 is 0.545 bits per heavy atom. The molecule has 0 fully saturated rings. The van der Waals surface area contributed by atoms with Crippen LogP contribution < -0.4 is 0 Å². The summed E-state index contributed by atoms with van der Waals surface area (Å²) in [6.07, 6.45) is 0. The summed E-state index contributed by atoms with van der Waals surface area (Å²) >= 11 is 0. The lowest BCUT2D eigenvalue weighted by atomic mass is 9.85. The van der Waals surface area contributed by atoms with Crippen molar-refractivity contribution < 1.29 is 13.3 Å². The molecule has 0 spiro atoms. The van der Waals surface area contributed by atoms with E-state index in [1.54, 1.807) is 18.2 Å². The Balaban J connectivity index is 1.35. The molecule has 10 aromatic rings. The number of phenols is 1. The summed E-state index contributed by atoms with van der Waals surface area (Å²) in [5, 5.41) is 12.4. The summed E-state index contributed by atoms with van der Waals surface area (Å²) < 4.78 is 55.2. The van der Waals surface area contributed by atoms with Crippen molar-refractivity contribution in [3.8, 4) is 50.5 Å². The number of nitrogens with zero attached hydrogens (tertiary/aromatic N) is 4. The van der Waals surface area contributed by atoms with Crippen LogP contribution in [-0.4, -0.2) is 23.9 Å². The number of phenolic OH excluding ortho intramolecular Hbond substituents is 1. The van der Waals surface area contributed by atoms with E-state index >= 15 is 0 Å². The number of hydrogen-bond donors (Lipinski definition) is 1. The highest BCUT2D eigenvalue weighted by atomic mass is 16.3. The van der Waals surface area contributed by atoms with Crippen LogP contribution in [0.1, 0.15) is 45.7 Å². The molecular weight excluding hydrogens is 673 g/mol. The minimum Gasteiger partial charge on any atom is -0.507 e. The first kappa shape index (κ1) is 27.0. The Kier molecular flexibility index (Phi) is 5.96. The van der Waals surface area contributed by atoms with E-state index in [2.05, 4.69) is 75.4 Å². The lowest BCUT2D eigenvalue weighted by Crippen LogP contribution is -2.10. The average molecular weight is 719 g/mol. The largest absolute Gasteiger partial charge is 0.507 e. The third-order valence-electron chi connectivity index (χ3n) is 10.8. The first-order valence-corrected chi connectivity index (χ1v) is 18.4. The van der Waals surface area contributed by atoms with E-state index in [0.29, 0.717) is 44.5 Å². The van der Waals surface area contributed by atoms with Crippen molar-refractivity contribution >= 4 is 44.1 Å². The molecule has 0 amide bonds. The molecule has 10 rings (SSSR count). The van der Waals surface area contributed by atoms with Crippen LogP contribution in [0, 0.1) is 13.7 Å². The number of hydrogen-bond acceptors (Lipinski definition) is 3. The number of imidazole rings is 2. The zero-order chi connectivity index (χ0) is 42.6. The van der Waals surface area contributed by atoms with Gasteiger partial charge < -0.3 is 5.11 Å². The summed E-state index contributed by atoms with van der Waals surface area (Å²) in [7, 11) is 0. The molecule has 0 bridgehead atoms. The Labute approximate surface area is 328 Å². The zero-order valence-electron chi connectivity index (χ0n) is 36.6. The molecule has 5 heteroatoms. The second kappa shape index (κ2) is 12.2. The Morgan fingerprint density at radius 2 is 1.22 bits per heavy atom. The summed E-state index contributed by atoms with van der Waals surface area (Å²) in [5.74, 6) is 0.545. The number of aryl methyl sites for hydroxylation is 2. The molecule has 0 aliphatic heterocycles. The molecule has 0 atom stereocenters. The number of rotatable bonds is 4. The first-order chi connectivity index (χ1) is 29.1. The second-order valence-electron chi connectivity index (χ2n) is 15.2. The smallest absolute Gasteiger partial charge is 0.151 e. The van der Waals surface area contributed by atoms with Crippen molar-refractivity contribution in [2.75, 3.05) is 0 Å². The Morgan fingerprint density at radius 3 is 2.00 bits per heavy atom. The van der Waals surface area contributed by atoms with E-state index in [4.69, 9.17) is 18.2 Å². The SMILES string of the molecule is [2H]C([2H])([2H])c1cccc(C([2H])([2H])[2H])c1-c1ccc2c3c1nc(-c1ccccc1)n3c1cccc(O)c1c1nc3c(-c4cccc(-c5cccc(C(C)(C)C)c5)c4)cccc3n21. The third kappa shape index (κ3) is 5.07. The molecule has 3 heterocycles. The second-order valence-corrected chi connectivity index (χ2v) is 15.2. The normalized spacial score (nSPS) is 14.2. The minimum absolute atomic E-state index is 0.00721.